The first kappa shape index (κ1) is 25.6. The number of hydrogen-bond donors (Lipinski definition) is 2. The molecule has 5 rings (SSSR count). The Bertz CT molecular complexity index is 1260. The van der Waals surface area contributed by atoms with Crippen LogP contribution in [0.25, 0.3) is 10.9 Å². The van der Waals surface area contributed by atoms with Crippen molar-refractivity contribution in [2.45, 2.75) is 76.3 Å². The highest BCUT2D eigenvalue weighted by Gasteiger charge is 2.49. The number of nitrogens with zero attached hydrogens (tertiary/aromatic N) is 2. The Hall–Kier alpha value is -3.05. The van der Waals surface area contributed by atoms with Gasteiger partial charge in [-0.3, -0.25) is 14.4 Å². The van der Waals surface area contributed by atoms with Crippen molar-refractivity contribution in [1.29, 1.82) is 5.26 Å². The second kappa shape index (κ2) is 10.4. The number of benzene rings is 1. The van der Waals surface area contributed by atoms with Crippen LogP contribution in [0.4, 0.5) is 0 Å². The molecule has 1 aromatic carbocycles. The van der Waals surface area contributed by atoms with Gasteiger partial charge in [0, 0.05) is 24.3 Å². The van der Waals surface area contributed by atoms with Crippen LogP contribution in [0.5, 0.6) is 5.75 Å². The number of hydrogen-bond acceptors (Lipinski definition) is 5. The number of amides is 2. The molecule has 2 aliphatic carbocycles. The Morgan fingerprint density at radius 2 is 2.08 bits per heavy atom. The number of carbonyl (C=O) groups excluding carboxylic acids is 3. The number of aromatic amines is 1. The van der Waals surface area contributed by atoms with Crippen molar-refractivity contribution in [3.05, 3.63) is 28.9 Å². The molecule has 0 radical (unpaired) electrons. The smallest absolute Gasteiger partial charge is 0.271 e. The molecule has 1 aliphatic heterocycles. The van der Waals surface area contributed by atoms with E-state index in [9.17, 15) is 19.6 Å². The van der Waals surface area contributed by atoms with Gasteiger partial charge in [-0.05, 0) is 62.1 Å². The molecule has 0 bridgehead atoms. The predicted molar refractivity (Wildman–Crippen MR) is 139 cm³/mol. The van der Waals surface area contributed by atoms with E-state index in [1.54, 1.807) is 30.2 Å². The average Bonchev–Trinajstić information content (AvgIpc) is 3.62. The molecule has 3 fully saturated rings. The largest absolute Gasteiger partial charge is 0.496 e. The molecular weight excluding hydrogens is 492 g/mol. The topological polar surface area (TPSA) is 115 Å². The highest BCUT2D eigenvalue weighted by molar-refractivity contribution is 6.35. The summed E-state index contributed by atoms with van der Waals surface area (Å²) in [5.74, 6) is 0.00616. The zero-order valence-electron chi connectivity index (χ0n) is 21.1. The third kappa shape index (κ3) is 4.94. The molecule has 2 heterocycles. The summed E-state index contributed by atoms with van der Waals surface area (Å²) in [6, 6.07) is 5.94. The van der Waals surface area contributed by atoms with E-state index in [0.717, 1.165) is 38.5 Å². The number of aromatic nitrogens is 1. The summed E-state index contributed by atoms with van der Waals surface area (Å²) < 4.78 is 5.45. The fraction of sp³-hybridized carbons (Fsp3) is 0.571. The first-order valence-electron chi connectivity index (χ1n) is 13.2. The molecule has 196 valence electrons. The van der Waals surface area contributed by atoms with Gasteiger partial charge in [-0.25, -0.2) is 0 Å². The van der Waals surface area contributed by atoms with Gasteiger partial charge in [-0.2, -0.15) is 5.26 Å². The van der Waals surface area contributed by atoms with E-state index in [4.69, 9.17) is 16.3 Å². The number of carbonyl (C=O) groups is 3. The number of likely N-dealkylation sites (tertiary alicyclic amines) is 1. The highest BCUT2D eigenvalue weighted by Crippen LogP contribution is 2.47. The van der Waals surface area contributed by atoms with Crippen LogP contribution in [0.3, 0.4) is 0 Å². The van der Waals surface area contributed by atoms with Crippen molar-refractivity contribution in [2.75, 3.05) is 13.7 Å². The summed E-state index contributed by atoms with van der Waals surface area (Å²) in [4.78, 5) is 44.4. The third-order valence-corrected chi connectivity index (χ3v) is 8.88. The van der Waals surface area contributed by atoms with Crippen molar-refractivity contribution >= 4 is 40.1 Å². The van der Waals surface area contributed by atoms with E-state index in [1.165, 1.54) is 6.42 Å². The molecular formula is C28H33ClN4O4. The summed E-state index contributed by atoms with van der Waals surface area (Å²) >= 11 is 6.38. The lowest BCUT2D eigenvalue weighted by Crippen LogP contribution is -2.49. The Balaban J connectivity index is 1.41. The highest BCUT2D eigenvalue weighted by atomic mass is 35.5. The molecule has 3 unspecified atom stereocenters. The maximum Gasteiger partial charge on any atom is 0.271 e. The molecule has 1 aromatic heterocycles. The van der Waals surface area contributed by atoms with Crippen molar-refractivity contribution < 1.29 is 19.1 Å². The van der Waals surface area contributed by atoms with Gasteiger partial charge in [0.05, 0.1) is 23.7 Å². The lowest BCUT2D eigenvalue weighted by molar-refractivity contribution is -0.126. The van der Waals surface area contributed by atoms with Crippen molar-refractivity contribution in [1.82, 2.24) is 15.2 Å². The Morgan fingerprint density at radius 3 is 2.76 bits per heavy atom. The summed E-state index contributed by atoms with van der Waals surface area (Å²) in [6.45, 7) is 0.502. The first-order chi connectivity index (χ1) is 17.8. The maximum atomic E-state index is 13.9. The molecule has 1 spiro atoms. The SMILES string of the molecule is COc1ccc(Cl)c2[nH]c(C(=O)N3CC4(CCCCC4)CC3C(=O)NC(C#N)CC3CCCC3=O)cc12. The monoisotopic (exact) mass is 524 g/mol. The fourth-order valence-corrected chi connectivity index (χ4v) is 6.82. The normalized spacial score (nSPS) is 23.8. The number of halogens is 1. The summed E-state index contributed by atoms with van der Waals surface area (Å²) in [5.41, 5.74) is 0.865. The lowest BCUT2D eigenvalue weighted by atomic mass is 9.72. The number of nitrogens with one attached hydrogen (secondary N) is 2. The number of H-pyrrole nitrogens is 1. The molecule has 37 heavy (non-hydrogen) atoms. The molecule has 2 aromatic rings. The third-order valence-electron chi connectivity index (χ3n) is 8.56. The van der Waals surface area contributed by atoms with E-state index in [2.05, 4.69) is 16.4 Å². The Morgan fingerprint density at radius 1 is 1.30 bits per heavy atom. The Labute approximate surface area is 221 Å². The van der Waals surface area contributed by atoms with E-state index < -0.39 is 12.1 Å². The summed E-state index contributed by atoms with van der Waals surface area (Å²) in [7, 11) is 1.57. The summed E-state index contributed by atoms with van der Waals surface area (Å²) in [6.07, 6.45) is 8.33. The maximum absolute atomic E-state index is 13.9. The fourth-order valence-electron chi connectivity index (χ4n) is 6.61. The van der Waals surface area contributed by atoms with Crippen LogP contribution in [0, 0.1) is 22.7 Å². The zero-order chi connectivity index (χ0) is 26.2. The standard InChI is InChI=1S/C28H33ClN4O4/c1-37-24-9-8-20(29)25-19(24)13-21(32-25)27(36)33-16-28(10-3-2-4-11-28)14-22(33)26(35)31-18(15-30)12-17-6-5-7-23(17)34/h8-9,13,17-18,22,32H,2-7,10-12,14,16H2,1H3,(H,31,35). The molecule has 3 atom stereocenters. The molecule has 3 aliphatic rings. The second-order valence-corrected chi connectivity index (χ2v) is 11.3. The van der Waals surface area contributed by atoms with Crippen LogP contribution in [-0.4, -0.2) is 53.2 Å². The number of Topliss-reactive ketones (excluding diaryl/α,β-unsaturated/α-hetero) is 1. The van der Waals surface area contributed by atoms with Gasteiger partial charge in [0.1, 0.15) is 29.3 Å². The van der Waals surface area contributed by atoms with Gasteiger partial charge >= 0.3 is 0 Å². The molecule has 2 amide bonds. The van der Waals surface area contributed by atoms with Gasteiger partial charge in [-0.15, -0.1) is 0 Å². The molecule has 2 N–H and O–H groups in total. The number of rotatable bonds is 6. The van der Waals surface area contributed by atoms with E-state index in [0.29, 0.717) is 53.2 Å². The van der Waals surface area contributed by atoms with Crippen LogP contribution in [0.1, 0.15) is 74.7 Å². The van der Waals surface area contributed by atoms with Gasteiger partial charge in [0.15, 0.2) is 0 Å². The van der Waals surface area contributed by atoms with Gasteiger partial charge in [0.25, 0.3) is 5.91 Å². The van der Waals surface area contributed by atoms with Crippen LogP contribution >= 0.6 is 11.6 Å². The molecule has 8 nitrogen and oxygen atoms in total. The first-order valence-corrected chi connectivity index (χ1v) is 13.6. The number of ketones is 1. The van der Waals surface area contributed by atoms with Gasteiger partial charge < -0.3 is 19.9 Å². The van der Waals surface area contributed by atoms with Crippen molar-refractivity contribution in [3.8, 4) is 11.8 Å². The second-order valence-electron chi connectivity index (χ2n) is 10.9. The van der Waals surface area contributed by atoms with Crippen LogP contribution in [0.2, 0.25) is 5.02 Å². The molecule has 1 saturated heterocycles. The van der Waals surface area contributed by atoms with Gasteiger partial charge in [-0.1, -0.05) is 30.9 Å². The minimum absolute atomic E-state index is 0.0964. The van der Waals surface area contributed by atoms with Gasteiger partial charge in [0.2, 0.25) is 5.91 Å². The quantitative estimate of drug-likeness (QED) is 0.565. The van der Waals surface area contributed by atoms with E-state index in [1.807, 2.05) is 0 Å². The minimum Gasteiger partial charge on any atom is -0.496 e. The average molecular weight is 525 g/mol. The van der Waals surface area contributed by atoms with Crippen molar-refractivity contribution in [3.63, 3.8) is 0 Å². The minimum atomic E-state index is -0.754. The number of nitriles is 1. The molecule has 2 saturated carbocycles. The Kier molecular flexibility index (Phi) is 7.17. The zero-order valence-corrected chi connectivity index (χ0v) is 21.9. The lowest BCUT2D eigenvalue weighted by Gasteiger charge is -2.32. The number of methoxy groups -OCH3 is 1. The number of fused-ring (bicyclic) bond motifs is 1. The van der Waals surface area contributed by atoms with Crippen LogP contribution < -0.4 is 10.1 Å². The number of ether oxygens (including phenoxy) is 1. The predicted octanol–water partition coefficient (Wildman–Crippen LogP) is 4.76. The summed E-state index contributed by atoms with van der Waals surface area (Å²) in [5, 5.41) is 13.8. The van der Waals surface area contributed by atoms with Crippen LogP contribution in [-0.2, 0) is 9.59 Å². The molecule has 9 heteroatoms. The van der Waals surface area contributed by atoms with Crippen molar-refractivity contribution in [2.24, 2.45) is 11.3 Å². The van der Waals surface area contributed by atoms with E-state index in [-0.39, 0.29) is 28.9 Å². The van der Waals surface area contributed by atoms with Crippen LogP contribution in [0.15, 0.2) is 18.2 Å². The van der Waals surface area contributed by atoms with E-state index >= 15 is 0 Å².